The van der Waals surface area contributed by atoms with Gasteiger partial charge in [-0.15, -0.1) is 0 Å². The fourth-order valence-corrected chi connectivity index (χ4v) is 2.27. The molecule has 1 amide bonds. The molecule has 1 unspecified atom stereocenters. The molecule has 25 heavy (non-hydrogen) atoms. The van der Waals surface area contributed by atoms with E-state index in [-0.39, 0.29) is 23.4 Å². The number of phenols is 1. The van der Waals surface area contributed by atoms with Gasteiger partial charge in [-0.3, -0.25) is 4.79 Å². The number of benzene rings is 2. The summed E-state index contributed by atoms with van der Waals surface area (Å²) in [5.74, 6) is 0.171. The average molecular weight is 365 g/mol. The Morgan fingerprint density at radius 1 is 1.24 bits per heavy atom. The summed E-state index contributed by atoms with van der Waals surface area (Å²) in [7, 11) is 1.52. The van der Waals surface area contributed by atoms with Gasteiger partial charge in [0.1, 0.15) is 18.2 Å². The summed E-state index contributed by atoms with van der Waals surface area (Å²) in [5.41, 5.74) is 1.81. The van der Waals surface area contributed by atoms with E-state index >= 15 is 0 Å². The molecule has 0 heterocycles. The number of nitrogens with one attached hydrogen (secondary N) is 2. The third-order valence-corrected chi connectivity index (χ3v) is 3.77. The van der Waals surface area contributed by atoms with Crippen LogP contribution in [-0.4, -0.2) is 31.0 Å². The number of rotatable bonds is 7. The van der Waals surface area contributed by atoms with Gasteiger partial charge < -0.3 is 25.2 Å². The first-order chi connectivity index (χ1) is 11.9. The Morgan fingerprint density at radius 3 is 2.56 bits per heavy atom. The minimum absolute atomic E-state index is 0.0520. The summed E-state index contributed by atoms with van der Waals surface area (Å²) < 4.78 is 10.5. The highest BCUT2D eigenvalue weighted by Gasteiger charge is 2.17. The molecule has 0 aliphatic carbocycles. The zero-order valence-corrected chi connectivity index (χ0v) is 15.1. The Hall–Kier alpha value is -2.44. The topological polar surface area (TPSA) is 79.8 Å². The predicted molar refractivity (Wildman–Crippen MR) is 98.5 cm³/mol. The second-order valence-electron chi connectivity index (χ2n) is 5.52. The number of hydrogen-bond acceptors (Lipinski definition) is 5. The van der Waals surface area contributed by atoms with Crippen LogP contribution in [0.1, 0.15) is 12.5 Å². The lowest BCUT2D eigenvalue weighted by Gasteiger charge is -2.16. The van der Waals surface area contributed by atoms with E-state index in [1.54, 1.807) is 19.1 Å². The molecule has 0 saturated carbocycles. The highest BCUT2D eigenvalue weighted by Crippen LogP contribution is 2.33. The third-order valence-electron chi connectivity index (χ3n) is 3.45. The molecule has 2 aromatic rings. The van der Waals surface area contributed by atoms with Crippen molar-refractivity contribution in [3.63, 3.8) is 0 Å². The second kappa shape index (κ2) is 8.60. The molecule has 2 rings (SSSR count). The Balaban J connectivity index is 2.03. The maximum Gasteiger partial charge on any atom is 0.265 e. The molecule has 0 aromatic heterocycles. The summed E-state index contributed by atoms with van der Waals surface area (Å²) in [5, 5.41) is 15.8. The van der Waals surface area contributed by atoms with Crippen LogP contribution in [0.2, 0.25) is 5.02 Å². The van der Waals surface area contributed by atoms with Gasteiger partial charge in [0, 0.05) is 13.2 Å². The standard InChI is InChI=1S/C18H21ClN2O4/c1-11-4-6-13(7-5-11)25-12(2)18(23)21-15-9-17(22)16(8-14(15)19)20-10-24-3/h4-9,12,20,22H,10H2,1-3H3,(H,21,23). The van der Waals surface area contributed by atoms with Gasteiger partial charge in [0.15, 0.2) is 6.10 Å². The number of halogens is 1. The molecule has 0 fully saturated rings. The van der Waals surface area contributed by atoms with E-state index in [9.17, 15) is 9.90 Å². The smallest absolute Gasteiger partial charge is 0.265 e. The molecule has 2 aromatic carbocycles. The summed E-state index contributed by atoms with van der Waals surface area (Å²) in [6, 6.07) is 10.3. The van der Waals surface area contributed by atoms with E-state index in [1.165, 1.54) is 19.2 Å². The Morgan fingerprint density at radius 2 is 1.92 bits per heavy atom. The normalized spacial score (nSPS) is 11.7. The SMILES string of the molecule is COCNc1cc(Cl)c(NC(=O)C(C)Oc2ccc(C)cc2)cc1O. The first-order valence-corrected chi connectivity index (χ1v) is 8.08. The van der Waals surface area contributed by atoms with Crippen molar-refractivity contribution in [2.24, 2.45) is 0 Å². The van der Waals surface area contributed by atoms with E-state index in [0.717, 1.165) is 5.56 Å². The van der Waals surface area contributed by atoms with E-state index in [2.05, 4.69) is 10.6 Å². The van der Waals surface area contributed by atoms with Crippen molar-refractivity contribution in [3.05, 3.63) is 47.0 Å². The van der Waals surface area contributed by atoms with Gasteiger partial charge in [0.25, 0.3) is 5.91 Å². The molecule has 0 aliphatic rings. The molecule has 0 aliphatic heterocycles. The number of carbonyl (C=O) groups is 1. The van der Waals surface area contributed by atoms with E-state index < -0.39 is 6.10 Å². The van der Waals surface area contributed by atoms with Crippen molar-refractivity contribution in [1.82, 2.24) is 0 Å². The lowest BCUT2D eigenvalue weighted by atomic mass is 10.2. The maximum atomic E-state index is 12.3. The van der Waals surface area contributed by atoms with Gasteiger partial charge in [-0.05, 0) is 32.0 Å². The lowest BCUT2D eigenvalue weighted by molar-refractivity contribution is -0.122. The van der Waals surface area contributed by atoms with Gasteiger partial charge in [-0.1, -0.05) is 29.3 Å². The highest BCUT2D eigenvalue weighted by atomic mass is 35.5. The van der Waals surface area contributed by atoms with E-state index in [1.807, 2.05) is 19.1 Å². The Kier molecular flexibility index (Phi) is 6.50. The van der Waals surface area contributed by atoms with Crippen LogP contribution in [-0.2, 0) is 9.53 Å². The van der Waals surface area contributed by atoms with Crippen molar-refractivity contribution < 1.29 is 19.4 Å². The molecule has 0 bridgehead atoms. The number of phenolic OH excluding ortho intramolecular Hbond substituents is 1. The third kappa shape index (κ3) is 5.27. The van der Waals surface area contributed by atoms with E-state index in [4.69, 9.17) is 21.1 Å². The first-order valence-electron chi connectivity index (χ1n) is 7.70. The van der Waals surface area contributed by atoms with Crippen LogP contribution in [0.4, 0.5) is 11.4 Å². The average Bonchev–Trinajstić information content (AvgIpc) is 2.58. The van der Waals surface area contributed by atoms with Gasteiger partial charge >= 0.3 is 0 Å². The number of ether oxygens (including phenoxy) is 2. The van der Waals surface area contributed by atoms with E-state index in [0.29, 0.717) is 17.1 Å². The summed E-state index contributed by atoms with van der Waals surface area (Å²) in [6.07, 6.45) is -0.729. The molecule has 0 radical (unpaired) electrons. The van der Waals surface area contributed by atoms with Crippen LogP contribution in [0.3, 0.4) is 0 Å². The van der Waals surface area contributed by atoms with Crippen molar-refractivity contribution in [2.75, 3.05) is 24.5 Å². The molecule has 3 N–H and O–H groups in total. The zero-order chi connectivity index (χ0) is 18.4. The minimum Gasteiger partial charge on any atom is -0.506 e. The molecule has 0 spiro atoms. The lowest BCUT2D eigenvalue weighted by Crippen LogP contribution is -2.30. The van der Waals surface area contributed by atoms with Crippen molar-refractivity contribution >= 4 is 28.9 Å². The summed E-state index contributed by atoms with van der Waals surface area (Å²) in [6.45, 7) is 3.83. The number of aromatic hydroxyl groups is 1. The fourth-order valence-electron chi connectivity index (χ4n) is 2.06. The number of methoxy groups -OCH3 is 1. The second-order valence-corrected chi connectivity index (χ2v) is 5.93. The van der Waals surface area contributed by atoms with Crippen molar-refractivity contribution in [1.29, 1.82) is 0 Å². The van der Waals surface area contributed by atoms with Crippen LogP contribution in [0.15, 0.2) is 36.4 Å². The fraction of sp³-hybridized carbons (Fsp3) is 0.278. The number of hydrogen-bond donors (Lipinski definition) is 3. The Labute approximate surface area is 151 Å². The van der Waals surface area contributed by atoms with Crippen molar-refractivity contribution in [2.45, 2.75) is 20.0 Å². The number of aryl methyl sites for hydroxylation is 1. The van der Waals surface area contributed by atoms with Gasteiger partial charge in [-0.25, -0.2) is 0 Å². The molecular formula is C18H21ClN2O4. The van der Waals surface area contributed by atoms with Crippen LogP contribution in [0.25, 0.3) is 0 Å². The van der Waals surface area contributed by atoms with Crippen LogP contribution in [0.5, 0.6) is 11.5 Å². The van der Waals surface area contributed by atoms with Gasteiger partial charge in [-0.2, -0.15) is 0 Å². The van der Waals surface area contributed by atoms with Crippen LogP contribution in [0, 0.1) is 6.92 Å². The monoisotopic (exact) mass is 364 g/mol. The quantitative estimate of drug-likeness (QED) is 0.514. The highest BCUT2D eigenvalue weighted by molar-refractivity contribution is 6.34. The van der Waals surface area contributed by atoms with Crippen LogP contribution >= 0.6 is 11.6 Å². The minimum atomic E-state index is -0.729. The zero-order valence-electron chi connectivity index (χ0n) is 14.3. The number of amides is 1. The molecule has 0 saturated heterocycles. The summed E-state index contributed by atoms with van der Waals surface area (Å²) in [4.78, 5) is 12.3. The summed E-state index contributed by atoms with van der Waals surface area (Å²) >= 11 is 6.16. The molecule has 7 heteroatoms. The largest absolute Gasteiger partial charge is 0.506 e. The molecule has 1 atom stereocenters. The van der Waals surface area contributed by atoms with Crippen LogP contribution < -0.4 is 15.4 Å². The molecule has 134 valence electrons. The maximum absolute atomic E-state index is 12.3. The number of carbonyl (C=O) groups excluding carboxylic acids is 1. The van der Waals surface area contributed by atoms with Gasteiger partial charge in [0.2, 0.25) is 0 Å². The molecular weight excluding hydrogens is 344 g/mol. The molecule has 6 nitrogen and oxygen atoms in total. The first kappa shape index (κ1) is 18.9. The predicted octanol–water partition coefficient (Wildman–Crippen LogP) is 3.78. The Bertz CT molecular complexity index is 735. The number of anilines is 2. The van der Waals surface area contributed by atoms with Gasteiger partial charge in [0.05, 0.1) is 16.4 Å². The van der Waals surface area contributed by atoms with Crippen molar-refractivity contribution in [3.8, 4) is 11.5 Å².